The highest BCUT2D eigenvalue weighted by Gasteiger charge is 2.49. The number of thioether (sulfide) groups is 1. The van der Waals surface area contributed by atoms with Crippen molar-refractivity contribution in [3.63, 3.8) is 0 Å². The Balaban J connectivity index is 1.88. The van der Waals surface area contributed by atoms with Crippen LogP contribution in [-0.2, 0) is 19.4 Å². The molecule has 2 aliphatic rings. The second kappa shape index (κ2) is 7.59. The predicted octanol–water partition coefficient (Wildman–Crippen LogP) is 1.99. The zero-order valence-electron chi connectivity index (χ0n) is 14.6. The van der Waals surface area contributed by atoms with Crippen LogP contribution in [0, 0.1) is 12.7 Å². The third kappa shape index (κ3) is 4.49. The number of nitrogens with zero attached hydrogens (tertiary/aromatic N) is 2. The molecular formula is C17H19FN2O5S2. The second-order valence-corrected chi connectivity index (χ2v) is 10.00. The molecule has 0 spiro atoms. The number of sulfone groups is 1. The number of aliphatic imine (C=N–C) groups is 1. The van der Waals surface area contributed by atoms with Crippen molar-refractivity contribution >= 4 is 44.3 Å². The second-order valence-electron chi connectivity index (χ2n) is 6.64. The molecule has 1 aromatic rings. The van der Waals surface area contributed by atoms with E-state index in [9.17, 15) is 22.4 Å². The van der Waals surface area contributed by atoms with E-state index in [1.807, 2.05) is 0 Å². The van der Waals surface area contributed by atoms with Crippen molar-refractivity contribution in [2.75, 3.05) is 16.4 Å². The molecule has 0 aromatic heterocycles. The van der Waals surface area contributed by atoms with Crippen LogP contribution in [0.1, 0.15) is 24.8 Å². The molecule has 2 saturated heterocycles. The topological polar surface area (TPSA) is 104 Å². The number of hydrogen-bond acceptors (Lipinski definition) is 5. The number of fused-ring (bicyclic) bond motifs is 1. The number of hydrogen-bond donors (Lipinski definition) is 1. The van der Waals surface area contributed by atoms with E-state index in [1.54, 1.807) is 24.0 Å². The van der Waals surface area contributed by atoms with E-state index in [0.717, 1.165) is 0 Å². The molecule has 2 atom stereocenters. The Labute approximate surface area is 160 Å². The van der Waals surface area contributed by atoms with Crippen LogP contribution in [0.4, 0.5) is 10.1 Å². The number of aliphatic carboxylic acids is 1. The van der Waals surface area contributed by atoms with Crippen LogP contribution >= 0.6 is 11.8 Å². The maximum absolute atomic E-state index is 14.0. The number of halogens is 1. The predicted molar refractivity (Wildman–Crippen MR) is 101 cm³/mol. The number of amidine groups is 1. The minimum absolute atomic E-state index is 0.0138. The molecular weight excluding hydrogens is 395 g/mol. The van der Waals surface area contributed by atoms with Gasteiger partial charge in [-0.2, -0.15) is 4.99 Å². The molecule has 0 bridgehead atoms. The van der Waals surface area contributed by atoms with E-state index < -0.39 is 33.6 Å². The van der Waals surface area contributed by atoms with Crippen LogP contribution in [0.25, 0.3) is 0 Å². The fraction of sp³-hybridized carbons (Fsp3) is 0.471. The average Bonchev–Trinajstić information content (AvgIpc) is 3.00. The lowest BCUT2D eigenvalue weighted by Crippen LogP contribution is -2.37. The summed E-state index contributed by atoms with van der Waals surface area (Å²) >= 11 is 1.20. The summed E-state index contributed by atoms with van der Waals surface area (Å²) in [6.07, 6.45) is 0.0379. The fourth-order valence-electron chi connectivity index (χ4n) is 3.15. The van der Waals surface area contributed by atoms with Crippen molar-refractivity contribution in [3.8, 4) is 0 Å². The molecule has 2 unspecified atom stereocenters. The van der Waals surface area contributed by atoms with Crippen LogP contribution in [0.2, 0.25) is 0 Å². The first-order chi connectivity index (χ1) is 12.7. The lowest BCUT2D eigenvalue weighted by Gasteiger charge is -2.24. The number of aryl methyl sites for hydroxylation is 1. The Morgan fingerprint density at radius 1 is 1.33 bits per heavy atom. The number of carboxylic acids is 1. The molecule has 1 amide bonds. The number of rotatable bonds is 5. The summed E-state index contributed by atoms with van der Waals surface area (Å²) < 4.78 is 38.0. The molecule has 0 aliphatic carbocycles. The molecule has 2 aliphatic heterocycles. The van der Waals surface area contributed by atoms with Gasteiger partial charge in [-0.05, 0) is 31.0 Å². The molecule has 1 N–H and O–H groups in total. The molecule has 10 heteroatoms. The monoisotopic (exact) mass is 414 g/mol. The van der Waals surface area contributed by atoms with Crippen LogP contribution in [0.3, 0.4) is 0 Å². The lowest BCUT2D eigenvalue weighted by atomic mass is 10.1. The highest BCUT2D eigenvalue weighted by atomic mass is 32.2. The zero-order valence-corrected chi connectivity index (χ0v) is 16.2. The van der Waals surface area contributed by atoms with E-state index in [4.69, 9.17) is 5.11 Å². The van der Waals surface area contributed by atoms with Gasteiger partial charge in [0.2, 0.25) is 5.91 Å². The van der Waals surface area contributed by atoms with Crippen LogP contribution in [0.5, 0.6) is 0 Å². The molecule has 3 rings (SSSR count). The van der Waals surface area contributed by atoms with Gasteiger partial charge in [0.05, 0.1) is 17.5 Å². The Bertz CT molecular complexity index is 916. The minimum atomic E-state index is -3.20. The summed E-state index contributed by atoms with van der Waals surface area (Å²) in [6.45, 7) is 1.63. The number of anilines is 1. The van der Waals surface area contributed by atoms with Crippen molar-refractivity contribution in [2.45, 2.75) is 37.5 Å². The number of amides is 1. The number of carboxylic acid groups (broad SMARTS) is 1. The van der Waals surface area contributed by atoms with Gasteiger partial charge in [0.25, 0.3) is 0 Å². The quantitative estimate of drug-likeness (QED) is 0.786. The molecule has 7 nitrogen and oxygen atoms in total. The fourth-order valence-corrected chi connectivity index (χ4v) is 7.08. The third-order valence-corrected chi connectivity index (χ3v) is 7.71. The molecule has 0 saturated carbocycles. The van der Waals surface area contributed by atoms with Crippen molar-refractivity contribution in [3.05, 3.63) is 29.6 Å². The third-order valence-electron chi connectivity index (χ3n) is 4.50. The summed E-state index contributed by atoms with van der Waals surface area (Å²) in [5.41, 5.74) is 0.914. The van der Waals surface area contributed by atoms with Gasteiger partial charge < -0.3 is 10.0 Å². The van der Waals surface area contributed by atoms with Gasteiger partial charge >= 0.3 is 5.97 Å². The average molecular weight is 414 g/mol. The first-order valence-corrected chi connectivity index (χ1v) is 11.1. The van der Waals surface area contributed by atoms with Gasteiger partial charge in [-0.15, -0.1) is 0 Å². The van der Waals surface area contributed by atoms with Crippen molar-refractivity contribution in [2.24, 2.45) is 4.99 Å². The first kappa shape index (κ1) is 19.8. The highest BCUT2D eigenvalue weighted by molar-refractivity contribution is 8.16. The van der Waals surface area contributed by atoms with E-state index in [0.29, 0.717) is 16.4 Å². The Morgan fingerprint density at radius 2 is 2.07 bits per heavy atom. The first-order valence-electron chi connectivity index (χ1n) is 8.42. The molecule has 2 fully saturated rings. The van der Waals surface area contributed by atoms with Gasteiger partial charge in [-0.25, -0.2) is 12.8 Å². The van der Waals surface area contributed by atoms with Crippen LogP contribution in [-0.4, -0.2) is 53.4 Å². The van der Waals surface area contributed by atoms with Crippen molar-refractivity contribution in [1.82, 2.24) is 0 Å². The Kier molecular flexibility index (Phi) is 5.57. The van der Waals surface area contributed by atoms with Gasteiger partial charge in [0.15, 0.2) is 15.0 Å². The van der Waals surface area contributed by atoms with Crippen LogP contribution < -0.4 is 4.90 Å². The van der Waals surface area contributed by atoms with E-state index >= 15 is 0 Å². The Hall–Kier alpha value is -1.94. The number of carbonyl (C=O) groups is 2. The maximum atomic E-state index is 14.0. The summed E-state index contributed by atoms with van der Waals surface area (Å²) in [6, 6.07) is 4.18. The van der Waals surface area contributed by atoms with Crippen molar-refractivity contribution < 1.29 is 27.5 Å². The van der Waals surface area contributed by atoms with Crippen LogP contribution in [0.15, 0.2) is 23.2 Å². The number of benzene rings is 1. The largest absolute Gasteiger partial charge is 0.481 e. The summed E-state index contributed by atoms with van der Waals surface area (Å²) in [5.74, 6) is -1.97. The zero-order chi connectivity index (χ0) is 19.8. The van der Waals surface area contributed by atoms with E-state index in [1.165, 1.54) is 17.8 Å². The molecule has 27 heavy (non-hydrogen) atoms. The van der Waals surface area contributed by atoms with Gasteiger partial charge in [-0.1, -0.05) is 17.8 Å². The SMILES string of the molecule is Cc1ccc(N2C(=NC(=O)CCCC(=O)O)SC3CS(=O)(=O)CC32)cc1F. The Morgan fingerprint density at radius 3 is 2.74 bits per heavy atom. The normalized spacial score (nSPS) is 25.0. The standard InChI is InChI=1S/C17H19FN2O5S2/c1-10-5-6-11(7-12(10)18)20-13-8-27(24,25)9-14(13)26-17(20)19-15(21)3-2-4-16(22)23/h5-7,13-14H,2-4,8-9H2,1H3,(H,22,23). The summed E-state index contributed by atoms with van der Waals surface area (Å²) in [5, 5.41) is 8.72. The summed E-state index contributed by atoms with van der Waals surface area (Å²) in [7, 11) is -3.20. The summed E-state index contributed by atoms with van der Waals surface area (Å²) in [4.78, 5) is 28.4. The van der Waals surface area contributed by atoms with Gasteiger partial charge in [0, 0.05) is 23.8 Å². The number of carbonyl (C=O) groups excluding carboxylic acids is 1. The molecule has 2 heterocycles. The minimum Gasteiger partial charge on any atom is -0.481 e. The van der Waals surface area contributed by atoms with Gasteiger partial charge in [0.1, 0.15) is 5.82 Å². The van der Waals surface area contributed by atoms with E-state index in [2.05, 4.69) is 4.99 Å². The molecule has 0 radical (unpaired) electrons. The lowest BCUT2D eigenvalue weighted by molar-refractivity contribution is -0.137. The molecule has 146 valence electrons. The van der Waals surface area contributed by atoms with Crippen molar-refractivity contribution in [1.29, 1.82) is 0 Å². The highest BCUT2D eigenvalue weighted by Crippen LogP contribution is 2.41. The molecule has 1 aromatic carbocycles. The smallest absolute Gasteiger partial charge is 0.303 e. The maximum Gasteiger partial charge on any atom is 0.303 e. The van der Waals surface area contributed by atoms with Gasteiger partial charge in [-0.3, -0.25) is 9.59 Å². The van der Waals surface area contributed by atoms with E-state index in [-0.39, 0.29) is 36.0 Å².